The van der Waals surface area contributed by atoms with Crippen molar-refractivity contribution in [3.63, 3.8) is 0 Å². The maximum Gasteiger partial charge on any atom is 0.187 e. The van der Waals surface area contributed by atoms with E-state index in [-0.39, 0.29) is 35.5 Å². The molecule has 5 heterocycles. The van der Waals surface area contributed by atoms with Gasteiger partial charge in [0.15, 0.2) is 31.5 Å². The highest BCUT2D eigenvalue weighted by molar-refractivity contribution is 5.32. The van der Waals surface area contributed by atoms with Gasteiger partial charge in [0.05, 0.1) is 56.9 Å². The summed E-state index contributed by atoms with van der Waals surface area (Å²) in [5.74, 6) is -0.0172. The van der Waals surface area contributed by atoms with Gasteiger partial charge in [0.1, 0.15) is 122 Å². The molecule has 0 aromatic heterocycles. The second-order valence-electron chi connectivity index (χ2n) is 28.7. The van der Waals surface area contributed by atoms with Crippen LogP contribution >= 0.6 is 0 Å². The van der Waals surface area contributed by atoms with Gasteiger partial charge in [-0.2, -0.15) is 0 Å². The third-order valence-electron chi connectivity index (χ3n) is 22.9. The van der Waals surface area contributed by atoms with Gasteiger partial charge in [-0.05, 0) is 99.7 Å². The Kier molecular flexibility index (Phi) is 22.3. The first-order chi connectivity index (χ1) is 41.7. The van der Waals surface area contributed by atoms with Gasteiger partial charge >= 0.3 is 0 Å². The molecule has 9 aliphatic rings. The highest BCUT2D eigenvalue weighted by Crippen LogP contribution is 2.75. The summed E-state index contributed by atoms with van der Waals surface area (Å²) in [6.45, 7) is 12.3. The Morgan fingerprint density at radius 3 is 1.52 bits per heavy atom. The molecule has 0 spiro atoms. The van der Waals surface area contributed by atoms with E-state index in [1.54, 1.807) is 0 Å². The first-order valence-corrected chi connectivity index (χ1v) is 31.6. The molecular weight excluding hydrogens is 1180 g/mol. The largest absolute Gasteiger partial charge is 0.394 e. The summed E-state index contributed by atoms with van der Waals surface area (Å²) >= 11 is 0. The number of aliphatic hydroxyl groups is 19. The van der Waals surface area contributed by atoms with E-state index in [9.17, 15) is 97.0 Å². The molecule has 516 valence electrons. The Balaban J connectivity index is 0.884. The van der Waals surface area contributed by atoms with Crippen molar-refractivity contribution in [3.05, 3.63) is 11.6 Å². The zero-order valence-electron chi connectivity index (χ0n) is 51.8. The van der Waals surface area contributed by atoms with Crippen LogP contribution in [-0.4, -0.2) is 308 Å². The van der Waals surface area contributed by atoms with Crippen molar-refractivity contribution in [2.45, 2.75) is 284 Å². The predicted molar refractivity (Wildman–Crippen MR) is 300 cm³/mol. The second-order valence-corrected chi connectivity index (χ2v) is 28.7. The highest BCUT2D eigenvalue weighted by Gasteiger charge is 2.71. The maximum absolute atomic E-state index is 12.8. The van der Waals surface area contributed by atoms with Crippen LogP contribution < -0.4 is 0 Å². The molecule has 0 amide bonds. The molecular formula is C60H102O29. The standard InChI is InChI=1S/C60H102O29/c1-23(9-13-35(57(4,5)79)87-55-50(89-54-47(77)42(72)38(68)29(20-63)83-54)43(73)39(69)31(85-55)22-80-51-45(75)40(70)36(66)27(18-61)81-51)24-15-16-58(6)32-12-10-25-26(60(32,8)33(65)17-59(24,58)7)11-14-34(56(25,2)3)86-52-48(78)44(74)49(30(21-64)84-52)88-53-46(76)41(71)37(67)28(19-62)82-53/h10,23-24,26-55,61-79H,9,11-22H2,1-8H3/t23-,24-,26-,27-,28-,29-,30-,31-,32?,33-,34+,35-,36-,37-,38-,39-,40+,41+,42+,43+,44-,45-,46-,47-,48-,49-,50-,51+,52+,53+,54+,55+,58+,59-,60+/m1/s1. The molecule has 5 aliphatic heterocycles. The second kappa shape index (κ2) is 27.6. The molecule has 3 saturated carbocycles. The van der Waals surface area contributed by atoms with Crippen LogP contribution in [0.1, 0.15) is 107 Å². The average molecular weight is 1290 g/mol. The van der Waals surface area contributed by atoms with Crippen molar-refractivity contribution in [2.24, 2.45) is 45.3 Å². The van der Waals surface area contributed by atoms with Crippen LogP contribution in [0.3, 0.4) is 0 Å². The van der Waals surface area contributed by atoms with Gasteiger partial charge in [0.2, 0.25) is 0 Å². The van der Waals surface area contributed by atoms with Crippen LogP contribution in [0.5, 0.6) is 0 Å². The minimum atomic E-state index is -1.96. The van der Waals surface area contributed by atoms with E-state index in [4.69, 9.17) is 47.4 Å². The summed E-state index contributed by atoms with van der Waals surface area (Å²) in [4.78, 5) is 0. The van der Waals surface area contributed by atoms with Crippen LogP contribution in [0, 0.1) is 45.3 Å². The number of aliphatic hydroxyl groups excluding tert-OH is 18. The molecule has 4 aliphatic carbocycles. The highest BCUT2D eigenvalue weighted by atomic mass is 16.8. The van der Waals surface area contributed by atoms with Crippen molar-refractivity contribution < 1.29 is 144 Å². The minimum Gasteiger partial charge on any atom is -0.394 e. The molecule has 19 N–H and O–H groups in total. The topological polar surface area (TPSA) is 477 Å². The van der Waals surface area contributed by atoms with E-state index >= 15 is 0 Å². The van der Waals surface area contributed by atoms with E-state index in [1.165, 1.54) is 13.8 Å². The smallest absolute Gasteiger partial charge is 0.187 e. The van der Waals surface area contributed by atoms with Crippen LogP contribution in [0.25, 0.3) is 0 Å². The van der Waals surface area contributed by atoms with E-state index in [1.807, 2.05) is 13.8 Å². The molecule has 89 heavy (non-hydrogen) atoms. The zero-order chi connectivity index (χ0) is 65.5. The first-order valence-electron chi connectivity index (χ1n) is 31.6. The van der Waals surface area contributed by atoms with Crippen molar-refractivity contribution >= 4 is 0 Å². The Morgan fingerprint density at radius 1 is 0.517 bits per heavy atom. The lowest BCUT2D eigenvalue weighted by Gasteiger charge is -2.67. The molecule has 0 radical (unpaired) electrons. The zero-order valence-corrected chi connectivity index (χ0v) is 51.8. The van der Waals surface area contributed by atoms with Crippen LogP contribution in [0.2, 0.25) is 0 Å². The van der Waals surface area contributed by atoms with Gasteiger partial charge in [-0.1, -0.05) is 53.2 Å². The number of fused-ring (bicyclic) bond motifs is 5. The van der Waals surface area contributed by atoms with Crippen LogP contribution in [0.4, 0.5) is 0 Å². The lowest BCUT2D eigenvalue weighted by molar-refractivity contribution is -0.380. The maximum atomic E-state index is 12.8. The summed E-state index contributed by atoms with van der Waals surface area (Å²) in [6, 6.07) is 0. The fourth-order valence-corrected chi connectivity index (χ4v) is 17.1. The Morgan fingerprint density at radius 2 is 0.978 bits per heavy atom. The molecule has 9 rings (SSSR count). The van der Waals surface area contributed by atoms with Crippen LogP contribution in [-0.2, 0) is 47.4 Å². The Bertz CT molecular complexity index is 2340. The summed E-state index contributed by atoms with van der Waals surface area (Å²) in [5, 5.41) is 205. The van der Waals surface area contributed by atoms with E-state index < -0.39 is 227 Å². The van der Waals surface area contributed by atoms with Crippen molar-refractivity contribution in [3.8, 4) is 0 Å². The first kappa shape index (κ1) is 71.9. The number of ether oxygens (including phenoxy) is 10. The van der Waals surface area contributed by atoms with Crippen LogP contribution in [0.15, 0.2) is 11.6 Å². The molecule has 8 fully saturated rings. The van der Waals surface area contributed by atoms with Crippen molar-refractivity contribution in [1.29, 1.82) is 0 Å². The fraction of sp³-hybridized carbons (Fsp3) is 0.967. The average Bonchev–Trinajstić information content (AvgIpc) is 1.66. The molecule has 29 heteroatoms. The van der Waals surface area contributed by atoms with Gasteiger partial charge in [-0.15, -0.1) is 0 Å². The molecule has 29 nitrogen and oxygen atoms in total. The summed E-state index contributed by atoms with van der Waals surface area (Å²) < 4.78 is 59.5. The number of hydrogen-bond acceptors (Lipinski definition) is 29. The summed E-state index contributed by atoms with van der Waals surface area (Å²) in [6.07, 6.45) is -37.7. The normalized spacial score (nSPS) is 51.8. The molecule has 0 aromatic carbocycles. The summed E-state index contributed by atoms with van der Waals surface area (Å²) in [7, 11) is 0. The van der Waals surface area contributed by atoms with E-state index in [2.05, 4.69) is 33.8 Å². The van der Waals surface area contributed by atoms with E-state index in [0.717, 1.165) is 18.4 Å². The van der Waals surface area contributed by atoms with Gasteiger partial charge in [0, 0.05) is 10.8 Å². The monoisotopic (exact) mass is 1290 g/mol. The molecule has 35 atom stereocenters. The Labute approximate surface area is 517 Å². The number of rotatable bonds is 20. The Hall–Kier alpha value is -1.42. The van der Waals surface area contributed by atoms with Gasteiger partial charge < -0.3 is 144 Å². The molecule has 0 aromatic rings. The number of hydrogen-bond donors (Lipinski definition) is 19. The van der Waals surface area contributed by atoms with Gasteiger partial charge in [-0.25, -0.2) is 0 Å². The molecule has 1 unspecified atom stereocenters. The van der Waals surface area contributed by atoms with Crippen molar-refractivity contribution in [1.82, 2.24) is 0 Å². The predicted octanol–water partition coefficient (Wildman–Crippen LogP) is -5.41. The molecule has 0 bridgehead atoms. The third-order valence-corrected chi connectivity index (χ3v) is 22.9. The lowest BCUT2D eigenvalue weighted by atomic mass is 9.38. The summed E-state index contributed by atoms with van der Waals surface area (Å²) in [5.41, 5.74) is -2.49. The molecule has 5 saturated heterocycles. The SMILES string of the molecule is C[C@H](CC[C@@H](O[C@@H]1O[C@H](CO[C@H]2O[C@H](CO)[C@@H](O)[C@H](O)[C@H]2O)[C@@H](O)[C@H](O)[C@H]1O[C@@H]1O[C@H](CO)[C@@H](O)[C@H](O)[C@H]1O)C(C)(C)O)[C@H]1CC[C@@]2(C)C3CC=C4[C@@H](CC[C@H](O[C@@H]5O[C@H](CO)[C@@H](O[C@@H]6O[C@H](CO)[C@@H](O)[C@H](O)[C@H]6O)[C@H](O)[C@H]5O)C4(C)C)[C@]3(C)[C@H](O)C[C@]12C. The van der Waals surface area contributed by atoms with E-state index in [0.29, 0.717) is 32.1 Å². The van der Waals surface area contributed by atoms with Crippen molar-refractivity contribution in [2.75, 3.05) is 33.0 Å². The minimum absolute atomic E-state index is 0.0310. The third kappa shape index (κ3) is 13.0. The quantitative estimate of drug-likeness (QED) is 0.0506. The fourth-order valence-electron chi connectivity index (χ4n) is 17.1. The lowest BCUT2D eigenvalue weighted by Crippen LogP contribution is -2.66. The number of allylic oxidation sites excluding steroid dienone is 1. The van der Waals surface area contributed by atoms with Gasteiger partial charge in [-0.3, -0.25) is 0 Å². The van der Waals surface area contributed by atoms with Gasteiger partial charge in [0.25, 0.3) is 0 Å².